The van der Waals surface area contributed by atoms with Gasteiger partial charge in [-0.2, -0.15) is 18.3 Å². The van der Waals surface area contributed by atoms with Gasteiger partial charge in [-0.25, -0.2) is 0 Å². The Balaban J connectivity index is 1.78. The number of hydrogen-bond acceptors (Lipinski definition) is 3. The van der Waals surface area contributed by atoms with Crippen LogP contribution in [-0.2, 0) is 19.3 Å². The second-order valence-electron chi connectivity index (χ2n) is 6.34. The minimum atomic E-state index is -4.35. The lowest BCUT2D eigenvalue weighted by molar-refractivity contribution is -0.137. The molecule has 0 aromatic heterocycles. The summed E-state index contributed by atoms with van der Waals surface area (Å²) in [5, 5.41) is 15.6. The molecule has 6 heteroatoms. The van der Waals surface area contributed by atoms with Crippen molar-refractivity contribution in [1.82, 2.24) is 5.01 Å². The van der Waals surface area contributed by atoms with Crippen LogP contribution >= 0.6 is 0 Å². The maximum atomic E-state index is 12.8. The number of rotatable bonds is 6. The lowest BCUT2D eigenvalue weighted by atomic mass is 10.1. The SMILES string of the molecule is Oc1ccc(C=NN(Cc2ccccc2)Cc2ccc(C(F)(F)F)cc2)cc1. The van der Waals surface area contributed by atoms with Gasteiger partial charge in [0.25, 0.3) is 0 Å². The molecule has 3 rings (SSSR count). The highest BCUT2D eigenvalue weighted by Crippen LogP contribution is 2.29. The van der Waals surface area contributed by atoms with Gasteiger partial charge in [0.15, 0.2) is 0 Å². The molecule has 0 radical (unpaired) electrons. The van der Waals surface area contributed by atoms with Crippen molar-refractivity contribution in [1.29, 1.82) is 0 Å². The van der Waals surface area contributed by atoms with Gasteiger partial charge in [-0.15, -0.1) is 0 Å². The Morgan fingerprint density at radius 2 is 1.36 bits per heavy atom. The van der Waals surface area contributed by atoms with Crippen LogP contribution < -0.4 is 0 Å². The lowest BCUT2D eigenvalue weighted by Crippen LogP contribution is -2.17. The average Bonchev–Trinajstić information content (AvgIpc) is 2.68. The largest absolute Gasteiger partial charge is 0.508 e. The number of halogens is 3. The molecule has 0 atom stereocenters. The van der Waals surface area contributed by atoms with Gasteiger partial charge in [0.1, 0.15) is 5.75 Å². The molecule has 144 valence electrons. The van der Waals surface area contributed by atoms with E-state index < -0.39 is 11.7 Å². The molecule has 0 bridgehead atoms. The monoisotopic (exact) mass is 384 g/mol. The van der Waals surface area contributed by atoms with Gasteiger partial charge < -0.3 is 5.11 Å². The third-order valence-corrected chi connectivity index (χ3v) is 4.12. The minimum absolute atomic E-state index is 0.169. The van der Waals surface area contributed by atoms with Crippen LogP contribution in [0.15, 0.2) is 84.0 Å². The topological polar surface area (TPSA) is 35.8 Å². The van der Waals surface area contributed by atoms with E-state index in [-0.39, 0.29) is 5.75 Å². The third-order valence-electron chi connectivity index (χ3n) is 4.12. The molecule has 28 heavy (non-hydrogen) atoms. The van der Waals surface area contributed by atoms with Crippen LogP contribution in [0.4, 0.5) is 13.2 Å². The zero-order valence-corrected chi connectivity index (χ0v) is 15.0. The number of hydrogen-bond donors (Lipinski definition) is 1. The van der Waals surface area contributed by atoms with Gasteiger partial charge in [-0.1, -0.05) is 42.5 Å². The second-order valence-corrected chi connectivity index (χ2v) is 6.34. The van der Waals surface area contributed by atoms with Gasteiger partial charge in [0.05, 0.1) is 24.9 Å². The first-order valence-electron chi connectivity index (χ1n) is 8.68. The number of aromatic hydroxyl groups is 1. The molecule has 0 saturated carbocycles. The van der Waals surface area contributed by atoms with Gasteiger partial charge in [-0.3, -0.25) is 5.01 Å². The normalized spacial score (nSPS) is 11.7. The van der Waals surface area contributed by atoms with Crippen molar-refractivity contribution < 1.29 is 18.3 Å². The molecule has 0 fully saturated rings. The fourth-order valence-corrected chi connectivity index (χ4v) is 2.65. The zero-order valence-electron chi connectivity index (χ0n) is 15.0. The van der Waals surface area contributed by atoms with Crippen LogP contribution in [0.25, 0.3) is 0 Å². The first kappa shape index (κ1) is 19.5. The van der Waals surface area contributed by atoms with Crippen molar-refractivity contribution in [3.63, 3.8) is 0 Å². The Kier molecular flexibility index (Phi) is 5.99. The molecular formula is C22H19F3N2O. The van der Waals surface area contributed by atoms with Gasteiger partial charge >= 0.3 is 6.18 Å². The number of hydrazone groups is 1. The predicted octanol–water partition coefficient (Wildman–Crippen LogP) is 5.45. The zero-order chi connectivity index (χ0) is 20.0. The van der Waals surface area contributed by atoms with E-state index in [0.29, 0.717) is 13.1 Å². The predicted molar refractivity (Wildman–Crippen MR) is 103 cm³/mol. The van der Waals surface area contributed by atoms with Crippen molar-refractivity contribution in [2.75, 3.05) is 0 Å². The van der Waals surface area contributed by atoms with E-state index in [1.54, 1.807) is 35.5 Å². The minimum Gasteiger partial charge on any atom is -0.508 e. The molecule has 1 N–H and O–H groups in total. The van der Waals surface area contributed by atoms with E-state index in [2.05, 4.69) is 5.10 Å². The van der Waals surface area contributed by atoms with Crippen LogP contribution in [0.3, 0.4) is 0 Å². The van der Waals surface area contributed by atoms with Crippen LogP contribution in [0.1, 0.15) is 22.3 Å². The van der Waals surface area contributed by atoms with E-state index in [1.165, 1.54) is 12.1 Å². The maximum Gasteiger partial charge on any atom is 0.416 e. The summed E-state index contributed by atoms with van der Waals surface area (Å²) in [4.78, 5) is 0. The Hall–Kier alpha value is -3.28. The number of alkyl halides is 3. The fourth-order valence-electron chi connectivity index (χ4n) is 2.65. The number of benzene rings is 3. The van der Waals surface area contributed by atoms with Crippen LogP contribution in [0.2, 0.25) is 0 Å². The first-order chi connectivity index (χ1) is 13.4. The number of nitrogens with zero attached hydrogens (tertiary/aromatic N) is 2. The molecule has 0 amide bonds. The molecule has 3 aromatic carbocycles. The summed E-state index contributed by atoms with van der Waals surface area (Å²) in [7, 11) is 0. The third kappa shape index (κ3) is 5.61. The molecule has 0 aliphatic heterocycles. The molecule has 3 aromatic rings. The van der Waals surface area contributed by atoms with Crippen molar-refractivity contribution >= 4 is 6.21 Å². The second kappa shape index (κ2) is 8.61. The van der Waals surface area contributed by atoms with Gasteiger partial charge in [0, 0.05) is 0 Å². The summed E-state index contributed by atoms with van der Waals surface area (Å²) >= 11 is 0. The average molecular weight is 384 g/mol. The van der Waals surface area contributed by atoms with E-state index in [0.717, 1.165) is 28.8 Å². The highest BCUT2D eigenvalue weighted by atomic mass is 19.4. The maximum absolute atomic E-state index is 12.8. The molecule has 0 heterocycles. The molecule has 0 aliphatic rings. The van der Waals surface area contributed by atoms with Gasteiger partial charge in [-0.05, 0) is 53.1 Å². The lowest BCUT2D eigenvalue weighted by Gasteiger charge is -2.20. The smallest absolute Gasteiger partial charge is 0.416 e. The van der Waals surface area contributed by atoms with Crippen molar-refractivity contribution in [2.45, 2.75) is 19.3 Å². The van der Waals surface area contributed by atoms with Crippen LogP contribution in [-0.4, -0.2) is 16.3 Å². The molecular weight excluding hydrogens is 365 g/mol. The van der Waals surface area contributed by atoms with E-state index in [9.17, 15) is 18.3 Å². The molecule has 0 saturated heterocycles. The van der Waals surface area contributed by atoms with Crippen LogP contribution in [0.5, 0.6) is 5.75 Å². The Labute approximate surface area is 161 Å². The van der Waals surface area contributed by atoms with Gasteiger partial charge in [0.2, 0.25) is 0 Å². The summed E-state index contributed by atoms with van der Waals surface area (Å²) in [6.45, 7) is 0.873. The Morgan fingerprint density at radius 3 is 1.93 bits per heavy atom. The first-order valence-corrected chi connectivity index (χ1v) is 8.68. The Morgan fingerprint density at radius 1 is 0.786 bits per heavy atom. The number of phenolic OH excluding ortho intramolecular Hbond substituents is 1. The quantitative estimate of drug-likeness (QED) is 0.453. The molecule has 0 spiro atoms. The summed E-state index contributed by atoms with van der Waals surface area (Å²) in [6, 6.07) is 21.4. The summed E-state index contributed by atoms with van der Waals surface area (Å²) in [5.41, 5.74) is 1.91. The summed E-state index contributed by atoms with van der Waals surface area (Å²) < 4.78 is 38.3. The van der Waals surface area contributed by atoms with Crippen molar-refractivity contribution in [2.24, 2.45) is 5.10 Å². The van der Waals surface area contributed by atoms with E-state index >= 15 is 0 Å². The van der Waals surface area contributed by atoms with Crippen molar-refractivity contribution in [3.05, 3.63) is 101 Å². The standard InChI is InChI=1S/C22H19F3N2O/c23-22(24,25)20-10-6-19(7-11-20)16-27(15-18-4-2-1-3-5-18)26-14-17-8-12-21(28)13-9-17/h1-14,28H,15-16H2. The summed E-state index contributed by atoms with van der Waals surface area (Å²) in [6.07, 6.45) is -2.69. The van der Waals surface area contributed by atoms with Crippen LogP contribution in [0, 0.1) is 0 Å². The molecule has 0 unspecified atom stereocenters. The Bertz CT molecular complexity index is 905. The molecule has 0 aliphatic carbocycles. The van der Waals surface area contributed by atoms with Crippen molar-refractivity contribution in [3.8, 4) is 5.75 Å². The fraction of sp³-hybridized carbons (Fsp3) is 0.136. The summed E-state index contributed by atoms with van der Waals surface area (Å²) in [5.74, 6) is 0.169. The van der Waals surface area contributed by atoms with E-state index in [1.807, 2.05) is 30.3 Å². The number of phenols is 1. The highest BCUT2D eigenvalue weighted by molar-refractivity contribution is 5.79. The highest BCUT2D eigenvalue weighted by Gasteiger charge is 2.29. The van der Waals surface area contributed by atoms with E-state index in [4.69, 9.17) is 0 Å². The molecule has 3 nitrogen and oxygen atoms in total.